The molecule has 0 aliphatic rings. The molecule has 1 atom stereocenters. The summed E-state index contributed by atoms with van der Waals surface area (Å²) in [6.45, 7) is 1.25. The number of hydrogen-bond acceptors (Lipinski definition) is 4. The quantitative estimate of drug-likeness (QED) is 0.410. The fourth-order valence-electron chi connectivity index (χ4n) is 0.387. The van der Waals surface area contributed by atoms with E-state index >= 15 is 0 Å². The Morgan fingerprint density at radius 1 is 1.50 bits per heavy atom. The van der Waals surface area contributed by atoms with Crippen LogP contribution in [-0.4, -0.2) is 31.8 Å². The van der Waals surface area contributed by atoms with Crippen LogP contribution in [-0.2, 0) is 4.74 Å². The predicted molar refractivity (Wildman–Crippen MR) is 35.5 cm³/mol. The summed E-state index contributed by atoms with van der Waals surface area (Å²) in [4.78, 5) is 0. The summed E-state index contributed by atoms with van der Waals surface area (Å²) in [5.41, 5.74) is 10.7. The van der Waals surface area contributed by atoms with Crippen LogP contribution >= 0.6 is 0 Å². The standard InChI is InChI=1S/C5H14N2O.Na.H2O/c1-8-3-2-5(7)4-6;;/h5H,2-4,6-7H2,1H3;;1H2/q;+1;/p-1. The fourth-order valence-corrected chi connectivity index (χ4v) is 0.387. The Balaban J connectivity index is -0.000000245. The summed E-state index contributed by atoms with van der Waals surface area (Å²) < 4.78 is 4.78. The molecule has 1 unspecified atom stereocenters. The van der Waals surface area contributed by atoms with Gasteiger partial charge in [-0.15, -0.1) is 0 Å². The molecule has 5 N–H and O–H groups in total. The molecule has 4 nitrogen and oxygen atoms in total. The summed E-state index contributed by atoms with van der Waals surface area (Å²) in [6, 6.07) is 0.106. The van der Waals surface area contributed by atoms with Gasteiger partial charge in [0.1, 0.15) is 0 Å². The Morgan fingerprint density at radius 3 is 2.30 bits per heavy atom. The minimum Gasteiger partial charge on any atom is -0.870 e. The summed E-state index contributed by atoms with van der Waals surface area (Å²) in [5.74, 6) is 0. The number of hydrogen-bond donors (Lipinski definition) is 2. The average Bonchev–Trinajstić information content (AvgIpc) is 1.83. The molecule has 0 aliphatic heterocycles. The molecule has 5 heteroatoms. The third-order valence-corrected chi connectivity index (χ3v) is 0.996. The van der Waals surface area contributed by atoms with Crippen LogP contribution in [0.25, 0.3) is 0 Å². The smallest absolute Gasteiger partial charge is 0.870 e. The van der Waals surface area contributed by atoms with Crippen molar-refractivity contribution in [2.45, 2.75) is 12.5 Å². The summed E-state index contributed by atoms with van der Waals surface area (Å²) in [7, 11) is 1.66. The van der Waals surface area contributed by atoms with Crippen molar-refractivity contribution in [3.63, 3.8) is 0 Å². The zero-order chi connectivity index (χ0) is 6.41. The van der Waals surface area contributed by atoms with Gasteiger partial charge in [0.25, 0.3) is 0 Å². The molecular weight excluding hydrogens is 143 g/mol. The Kier molecular flexibility index (Phi) is 21.4. The van der Waals surface area contributed by atoms with E-state index < -0.39 is 0 Å². The summed E-state index contributed by atoms with van der Waals surface area (Å²) in [5, 5.41) is 0. The second-order valence-electron chi connectivity index (χ2n) is 1.78. The molecule has 0 aromatic heterocycles. The monoisotopic (exact) mass is 158 g/mol. The molecule has 0 spiro atoms. The topological polar surface area (TPSA) is 91.3 Å². The van der Waals surface area contributed by atoms with Crippen molar-refractivity contribution in [1.82, 2.24) is 0 Å². The largest absolute Gasteiger partial charge is 1.00 e. The van der Waals surface area contributed by atoms with E-state index in [1.807, 2.05) is 0 Å². The van der Waals surface area contributed by atoms with Crippen molar-refractivity contribution >= 4 is 0 Å². The fraction of sp³-hybridized carbons (Fsp3) is 1.00. The van der Waals surface area contributed by atoms with Gasteiger partial charge < -0.3 is 21.7 Å². The molecule has 0 amide bonds. The number of ether oxygens (including phenoxy) is 1. The minimum atomic E-state index is 0. The van der Waals surface area contributed by atoms with E-state index in [0.717, 1.165) is 6.42 Å². The molecule has 0 rings (SSSR count). The molecule has 0 saturated heterocycles. The summed E-state index contributed by atoms with van der Waals surface area (Å²) in [6.07, 6.45) is 0.854. The van der Waals surface area contributed by atoms with Crippen LogP contribution in [0.15, 0.2) is 0 Å². The van der Waals surface area contributed by atoms with E-state index in [4.69, 9.17) is 16.2 Å². The average molecular weight is 158 g/mol. The van der Waals surface area contributed by atoms with Crippen molar-refractivity contribution in [2.75, 3.05) is 20.3 Å². The van der Waals surface area contributed by atoms with Crippen LogP contribution in [0.2, 0.25) is 0 Å². The number of methoxy groups -OCH3 is 1. The van der Waals surface area contributed by atoms with E-state index in [1.165, 1.54) is 0 Å². The van der Waals surface area contributed by atoms with Gasteiger partial charge in [0.05, 0.1) is 0 Å². The van der Waals surface area contributed by atoms with Gasteiger partial charge in [-0.2, -0.15) is 0 Å². The van der Waals surface area contributed by atoms with Crippen LogP contribution < -0.4 is 41.0 Å². The zero-order valence-corrected chi connectivity index (χ0v) is 8.71. The van der Waals surface area contributed by atoms with Crippen molar-refractivity contribution < 1.29 is 39.8 Å². The Bertz CT molecular complexity index is 56.9. The van der Waals surface area contributed by atoms with Gasteiger partial charge in [-0.25, -0.2) is 0 Å². The Morgan fingerprint density at radius 2 is 2.00 bits per heavy atom. The maximum atomic E-state index is 5.45. The van der Waals surface area contributed by atoms with E-state index in [9.17, 15) is 0 Å². The SMILES string of the molecule is COCCC(N)CN.[Na+].[OH-]. The number of nitrogens with two attached hydrogens (primary N) is 2. The van der Waals surface area contributed by atoms with Gasteiger partial charge in [0.15, 0.2) is 0 Å². The first-order valence-electron chi connectivity index (χ1n) is 2.76. The van der Waals surface area contributed by atoms with Crippen LogP contribution in [0, 0.1) is 0 Å². The second-order valence-corrected chi connectivity index (χ2v) is 1.78. The zero-order valence-electron chi connectivity index (χ0n) is 6.71. The van der Waals surface area contributed by atoms with Gasteiger partial charge >= 0.3 is 29.6 Å². The van der Waals surface area contributed by atoms with Gasteiger partial charge in [-0.05, 0) is 6.42 Å². The third kappa shape index (κ3) is 11.6. The molecule has 0 saturated carbocycles. The van der Waals surface area contributed by atoms with Gasteiger partial charge in [0, 0.05) is 26.3 Å². The molecule has 0 bridgehead atoms. The Hall–Kier alpha value is 0.840. The van der Waals surface area contributed by atoms with Crippen LogP contribution in [0.4, 0.5) is 0 Å². The van der Waals surface area contributed by atoms with E-state index in [1.54, 1.807) is 7.11 Å². The van der Waals surface area contributed by atoms with Gasteiger partial charge in [-0.1, -0.05) is 0 Å². The molecule has 0 aromatic rings. The maximum absolute atomic E-state index is 5.45. The first-order chi connectivity index (χ1) is 3.81. The van der Waals surface area contributed by atoms with Gasteiger partial charge in [-0.3, -0.25) is 0 Å². The van der Waals surface area contributed by atoms with E-state index in [0.29, 0.717) is 13.2 Å². The number of rotatable bonds is 4. The molecule has 10 heavy (non-hydrogen) atoms. The van der Waals surface area contributed by atoms with Crippen LogP contribution in [0.3, 0.4) is 0 Å². The molecule has 0 fully saturated rings. The van der Waals surface area contributed by atoms with Crippen LogP contribution in [0.1, 0.15) is 6.42 Å². The molecule has 0 aliphatic carbocycles. The Labute approximate surface area is 83.9 Å². The first kappa shape index (κ1) is 17.1. The van der Waals surface area contributed by atoms with Crippen molar-refractivity contribution in [3.8, 4) is 0 Å². The molecule has 0 radical (unpaired) electrons. The third-order valence-electron chi connectivity index (χ3n) is 0.996. The first-order valence-corrected chi connectivity index (χ1v) is 2.76. The molecule has 0 heterocycles. The summed E-state index contributed by atoms with van der Waals surface area (Å²) >= 11 is 0. The van der Waals surface area contributed by atoms with E-state index in [-0.39, 0.29) is 41.1 Å². The van der Waals surface area contributed by atoms with Crippen molar-refractivity contribution in [1.29, 1.82) is 0 Å². The normalized spacial score (nSPS) is 11.1. The van der Waals surface area contributed by atoms with Crippen LogP contribution in [0.5, 0.6) is 0 Å². The molecule has 0 aromatic carbocycles. The van der Waals surface area contributed by atoms with Crippen molar-refractivity contribution in [2.24, 2.45) is 11.5 Å². The molecule has 58 valence electrons. The predicted octanol–water partition coefficient (Wildman–Crippen LogP) is -3.86. The second kappa shape index (κ2) is 12.5. The maximum Gasteiger partial charge on any atom is 1.00 e. The molecular formula is C5H15N2NaO2. The minimum absolute atomic E-state index is 0. The van der Waals surface area contributed by atoms with Gasteiger partial charge in [0.2, 0.25) is 0 Å². The van der Waals surface area contributed by atoms with E-state index in [2.05, 4.69) is 0 Å². The van der Waals surface area contributed by atoms with Crippen molar-refractivity contribution in [3.05, 3.63) is 0 Å².